The minimum absolute atomic E-state index is 0.326. The zero-order valence-electron chi connectivity index (χ0n) is 12.9. The highest BCUT2D eigenvalue weighted by Crippen LogP contribution is 2.33. The molecule has 1 N–H and O–H groups in total. The van der Waals surface area contributed by atoms with Crippen molar-refractivity contribution in [1.29, 1.82) is 0 Å². The first-order valence-electron chi connectivity index (χ1n) is 7.76. The lowest BCUT2D eigenvalue weighted by atomic mass is 10.1. The van der Waals surface area contributed by atoms with Crippen LogP contribution in [0.15, 0.2) is 29.4 Å². The Morgan fingerprint density at radius 3 is 3.09 bits per heavy atom. The van der Waals surface area contributed by atoms with E-state index in [1.54, 1.807) is 17.5 Å². The molecule has 1 atom stereocenters. The van der Waals surface area contributed by atoms with E-state index in [9.17, 15) is 0 Å². The molecule has 1 aliphatic rings. The van der Waals surface area contributed by atoms with Gasteiger partial charge in [-0.25, -0.2) is 19.9 Å². The van der Waals surface area contributed by atoms with E-state index in [1.165, 1.54) is 6.42 Å². The molecule has 0 aliphatic carbocycles. The van der Waals surface area contributed by atoms with Gasteiger partial charge in [-0.15, -0.1) is 11.3 Å². The summed E-state index contributed by atoms with van der Waals surface area (Å²) in [6.07, 6.45) is 5.87. The van der Waals surface area contributed by atoms with Crippen molar-refractivity contribution < 1.29 is 0 Å². The molecule has 4 heterocycles. The van der Waals surface area contributed by atoms with Gasteiger partial charge in [-0.05, 0) is 32.4 Å². The summed E-state index contributed by atoms with van der Waals surface area (Å²) in [7, 11) is 0. The van der Waals surface area contributed by atoms with Gasteiger partial charge >= 0.3 is 0 Å². The molecular formula is C16H18N6S. The van der Waals surface area contributed by atoms with Crippen LogP contribution in [0, 0.1) is 6.92 Å². The van der Waals surface area contributed by atoms with Gasteiger partial charge in [0, 0.05) is 24.3 Å². The highest BCUT2D eigenvalue weighted by molar-refractivity contribution is 7.07. The molecular weight excluding hydrogens is 308 g/mol. The van der Waals surface area contributed by atoms with Crippen molar-refractivity contribution in [2.24, 2.45) is 0 Å². The van der Waals surface area contributed by atoms with E-state index in [0.29, 0.717) is 6.04 Å². The van der Waals surface area contributed by atoms with Gasteiger partial charge in [-0.1, -0.05) is 0 Å². The topological polar surface area (TPSA) is 70.6 Å². The molecule has 0 amide bonds. The SMILES string of the molecule is Cc1nc(-c2ncc[nH]2)cc(C2CCCN2Cc2cscn2)n1. The number of aromatic amines is 1. The number of H-pyrrole nitrogens is 1. The number of aryl methyl sites for hydroxylation is 1. The monoisotopic (exact) mass is 326 g/mol. The Balaban J connectivity index is 1.63. The van der Waals surface area contributed by atoms with Crippen molar-refractivity contribution in [3.63, 3.8) is 0 Å². The maximum atomic E-state index is 4.69. The summed E-state index contributed by atoms with van der Waals surface area (Å²) in [5.41, 5.74) is 4.97. The van der Waals surface area contributed by atoms with Crippen molar-refractivity contribution >= 4 is 11.3 Å². The van der Waals surface area contributed by atoms with Crippen LogP contribution < -0.4 is 0 Å². The second-order valence-corrected chi connectivity index (χ2v) is 6.49. The second kappa shape index (κ2) is 6.17. The maximum absolute atomic E-state index is 4.69. The van der Waals surface area contributed by atoms with Crippen molar-refractivity contribution in [3.8, 4) is 11.5 Å². The number of nitrogens with one attached hydrogen (secondary N) is 1. The van der Waals surface area contributed by atoms with Crippen LogP contribution in [0.4, 0.5) is 0 Å². The molecule has 0 radical (unpaired) electrons. The molecule has 3 aromatic heterocycles. The smallest absolute Gasteiger partial charge is 0.156 e. The van der Waals surface area contributed by atoms with Crippen LogP contribution in [0.2, 0.25) is 0 Å². The lowest BCUT2D eigenvalue weighted by Gasteiger charge is -2.23. The van der Waals surface area contributed by atoms with E-state index in [0.717, 1.165) is 48.2 Å². The van der Waals surface area contributed by atoms with Crippen molar-refractivity contribution in [2.45, 2.75) is 32.4 Å². The molecule has 118 valence electrons. The number of rotatable bonds is 4. The first-order chi connectivity index (χ1) is 11.3. The van der Waals surface area contributed by atoms with Crippen LogP contribution in [-0.4, -0.2) is 36.4 Å². The van der Waals surface area contributed by atoms with Gasteiger partial charge in [0.25, 0.3) is 0 Å². The highest BCUT2D eigenvalue weighted by Gasteiger charge is 2.28. The minimum atomic E-state index is 0.326. The molecule has 0 spiro atoms. The van der Waals surface area contributed by atoms with Crippen LogP contribution >= 0.6 is 11.3 Å². The molecule has 0 aromatic carbocycles. The van der Waals surface area contributed by atoms with Crippen LogP contribution in [0.1, 0.15) is 36.1 Å². The van der Waals surface area contributed by atoms with Gasteiger partial charge in [-0.2, -0.15) is 0 Å². The minimum Gasteiger partial charge on any atom is -0.343 e. The molecule has 4 rings (SSSR count). The van der Waals surface area contributed by atoms with E-state index in [1.807, 2.05) is 18.6 Å². The third-order valence-electron chi connectivity index (χ3n) is 4.15. The van der Waals surface area contributed by atoms with Gasteiger partial charge in [0.2, 0.25) is 0 Å². The Kier molecular flexibility index (Phi) is 3.88. The van der Waals surface area contributed by atoms with Gasteiger partial charge in [0.05, 0.1) is 22.9 Å². The van der Waals surface area contributed by atoms with Gasteiger partial charge in [0.15, 0.2) is 5.82 Å². The summed E-state index contributed by atoms with van der Waals surface area (Å²) in [5.74, 6) is 1.58. The Morgan fingerprint density at radius 2 is 2.30 bits per heavy atom. The van der Waals surface area contributed by atoms with Crippen molar-refractivity contribution in [2.75, 3.05) is 6.54 Å². The summed E-state index contributed by atoms with van der Waals surface area (Å²) in [6.45, 7) is 3.91. The molecule has 23 heavy (non-hydrogen) atoms. The Hall–Kier alpha value is -2.12. The first-order valence-corrected chi connectivity index (χ1v) is 8.70. The second-order valence-electron chi connectivity index (χ2n) is 5.77. The summed E-state index contributed by atoms with van der Waals surface area (Å²) in [6, 6.07) is 2.39. The summed E-state index contributed by atoms with van der Waals surface area (Å²) >= 11 is 1.65. The number of thiazole rings is 1. The Morgan fingerprint density at radius 1 is 1.35 bits per heavy atom. The fraction of sp³-hybridized carbons (Fsp3) is 0.375. The largest absolute Gasteiger partial charge is 0.343 e. The molecule has 0 saturated carbocycles. The van der Waals surface area contributed by atoms with Crippen molar-refractivity contribution in [1.82, 2.24) is 29.8 Å². The number of likely N-dealkylation sites (tertiary alicyclic amines) is 1. The van der Waals surface area contributed by atoms with Gasteiger partial charge in [0.1, 0.15) is 11.5 Å². The average molecular weight is 326 g/mol. The van der Waals surface area contributed by atoms with E-state index in [4.69, 9.17) is 4.98 Å². The predicted molar refractivity (Wildman–Crippen MR) is 88.8 cm³/mol. The number of aromatic nitrogens is 5. The van der Waals surface area contributed by atoms with Crippen LogP contribution in [-0.2, 0) is 6.54 Å². The van der Waals surface area contributed by atoms with Crippen LogP contribution in [0.3, 0.4) is 0 Å². The fourth-order valence-electron chi connectivity index (χ4n) is 3.16. The molecule has 1 aliphatic heterocycles. The summed E-state index contributed by atoms with van der Waals surface area (Å²) in [5, 5.41) is 2.12. The zero-order valence-corrected chi connectivity index (χ0v) is 13.8. The number of nitrogens with zero attached hydrogens (tertiary/aromatic N) is 5. The molecule has 7 heteroatoms. The lowest BCUT2D eigenvalue weighted by Crippen LogP contribution is -2.24. The Labute approximate surface area is 138 Å². The maximum Gasteiger partial charge on any atom is 0.156 e. The average Bonchev–Trinajstić information content (AvgIpc) is 3.30. The van der Waals surface area contributed by atoms with E-state index >= 15 is 0 Å². The van der Waals surface area contributed by atoms with Gasteiger partial charge in [-0.3, -0.25) is 4.90 Å². The van der Waals surface area contributed by atoms with E-state index in [-0.39, 0.29) is 0 Å². The molecule has 0 bridgehead atoms. The molecule has 1 unspecified atom stereocenters. The van der Waals surface area contributed by atoms with Crippen molar-refractivity contribution in [3.05, 3.63) is 46.6 Å². The van der Waals surface area contributed by atoms with Crippen LogP contribution in [0.5, 0.6) is 0 Å². The number of hydrogen-bond acceptors (Lipinski definition) is 6. The molecule has 1 fully saturated rings. The summed E-state index contributed by atoms with van der Waals surface area (Å²) < 4.78 is 0. The van der Waals surface area contributed by atoms with E-state index in [2.05, 4.69) is 36.3 Å². The predicted octanol–water partition coefficient (Wildman–Crippen LogP) is 2.97. The number of imidazole rings is 1. The van der Waals surface area contributed by atoms with Crippen LogP contribution in [0.25, 0.3) is 11.5 Å². The first kappa shape index (κ1) is 14.5. The van der Waals surface area contributed by atoms with E-state index < -0.39 is 0 Å². The normalized spacial score (nSPS) is 18.6. The molecule has 6 nitrogen and oxygen atoms in total. The Bertz CT molecular complexity index is 768. The molecule has 1 saturated heterocycles. The number of hydrogen-bond donors (Lipinski definition) is 1. The lowest BCUT2D eigenvalue weighted by molar-refractivity contribution is 0.241. The third kappa shape index (κ3) is 3.02. The summed E-state index contributed by atoms with van der Waals surface area (Å²) in [4.78, 5) is 23.5. The molecule has 3 aromatic rings. The zero-order chi connectivity index (χ0) is 15.6. The standard InChI is InChI=1S/C16H18N6S/c1-11-20-13(7-14(21-11)16-17-4-5-18-16)15-3-2-6-22(15)8-12-9-23-10-19-12/h4-5,7,9-10,15H,2-3,6,8H2,1H3,(H,17,18). The van der Waals surface area contributed by atoms with Gasteiger partial charge < -0.3 is 4.98 Å². The highest BCUT2D eigenvalue weighted by atomic mass is 32.1. The quantitative estimate of drug-likeness (QED) is 0.798. The third-order valence-corrected chi connectivity index (χ3v) is 4.79. The fourth-order valence-corrected chi connectivity index (χ4v) is 3.71.